The summed E-state index contributed by atoms with van der Waals surface area (Å²) in [6.45, 7) is 0.924. The second-order valence-electron chi connectivity index (χ2n) is 7.51. The van der Waals surface area contributed by atoms with Gasteiger partial charge in [0, 0.05) is 25.7 Å². The first kappa shape index (κ1) is 21.4. The number of aromatic nitrogens is 2. The second kappa shape index (κ2) is 8.35. The number of hydrogen-bond acceptors (Lipinski definition) is 5. The summed E-state index contributed by atoms with van der Waals surface area (Å²) in [4.78, 5) is 16.7. The maximum atomic E-state index is 14.0. The molecule has 0 atom stereocenters. The lowest BCUT2D eigenvalue weighted by molar-refractivity contribution is 0.251. The minimum Gasteiger partial charge on any atom is -0.494 e. The van der Waals surface area contributed by atoms with Crippen LogP contribution in [-0.2, 0) is 16.6 Å². The van der Waals surface area contributed by atoms with Gasteiger partial charge >= 0.3 is 0 Å². The molecule has 1 aliphatic heterocycles. The molecule has 0 saturated carbocycles. The van der Waals surface area contributed by atoms with Gasteiger partial charge in [-0.15, -0.1) is 0 Å². The van der Waals surface area contributed by atoms with Crippen LogP contribution in [0.5, 0.6) is 5.75 Å². The smallest absolute Gasteiger partial charge is 0.261 e. The minimum atomic E-state index is -3.83. The van der Waals surface area contributed by atoms with Gasteiger partial charge < -0.3 is 4.74 Å². The van der Waals surface area contributed by atoms with E-state index < -0.39 is 21.7 Å². The summed E-state index contributed by atoms with van der Waals surface area (Å²) in [6, 6.07) is 7.43. The molecular weight excluding hydrogens is 428 g/mol. The zero-order valence-corrected chi connectivity index (χ0v) is 17.6. The van der Waals surface area contributed by atoms with E-state index in [1.807, 2.05) is 0 Å². The molecule has 1 aliphatic rings. The van der Waals surface area contributed by atoms with Crippen LogP contribution >= 0.6 is 0 Å². The largest absolute Gasteiger partial charge is 0.494 e. The Morgan fingerprint density at radius 3 is 2.55 bits per heavy atom. The van der Waals surface area contributed by atoms with Crippen molar-refractivity contribution in [2.45, 2.75) is 24.3 Å². The van der Waals surface area contributed by atoms with E-state index in [2.05, 4.69) is 4.98 Å². The van der Waals surface area contributed by atoms with Crippen LogP contribution in [0.4, 0.5) is 8.78 Å². The van der Waals surface area contributed by atoms with Crippen LogP contribution in [0.2, 0.25) is 0 Å². The molecule has 3 aromatic rings. The first-order valence-corrected chi connectivity index (χ1v) is 11.2. The summed E-state index contributed by atoms with van der Waals surface area (Å²) in [7, 11) is -2.51. The van der Waals surface area contributed by atoms with Crippen LogP contribution in [0.15, 0.2) is 52.4 Å². The van der Waals surface area contributed by atoms with Gasteiger partial charge in [-0.1, -0.05) is 0 Å². The number of ether oxygens (including phenoxy) is 1. The number of nitrogens with zero attached hydrogens (tertiary/aromatic N) is 3. The molecule has 164 valence electrons. The Kier molecular flexibility index (Phi) is 5.76. The summed E-state index contributed by atoms with van der Waals surface area (Å²) in [5.41, 5.74) is 0.0441. The number of hydrogen-bond donors (Lipinski definition) is 0. The van der Waals surface area contributed by atoms with Crippen molar-refractivity contribution in [2.75, 3.05) is 20.2 Å². The van der Waals surface area contributed by atoms with Crippen molar-refractivity contribution in [2.24, 2.45) is 5.92 Å². The molecule has 0 spiro atoms. The van der Waals surface area contributed by atoms with Crippen LogP contribution in [0.1, 0.15) is 12.8 Å². The fourth-order valence-corrected chi connectivity index (χ4v) is 5.31. The van der Waals surface area contributed by atoms with Gasteiger partial charge in [-0.05, 0) is 49.1 Å². The van der Waals surface area contributed by atoms with Gasteiger partial charge in [0.1, 0.15) is 5.82 Å². The lowest BCUT2D eigenvalue weighted by Gasteiger charge is -2.31. The third-order valence-corrected chi connectivity index (χ3v) is 7.47. The average Bonchev–Trinajstić information content (AvgIpc) is 2.76. The number of halogens is 2. The highest BCUT2D eigenvalue weighted by atomic mass is 32.2. The molecule has 1 fully saturated rings. The third kappa shape index (κ3) is 4.17. The standard InChI is InChI=1S/C21H21F2N3O4S/c1-30-20-5-3-16(11-18(20)23)31(28,29)26-8-6-14(7-9-26)12-25-13-24-19-10-15(22)2-4-17(19)21(25)27/h2-5,10-11,13-14H,6-9,12H2,1H3. The molecule has 0 unspecified atom stereocenters. The zero-order valence-electron chi connectivity index (χ0n) is 16.8. The van der Waals surface area contributed by atoms with Crippen LogP contribution in [-0.4, -0.2) is 42.5 Å². The molecule has 7 nitrogen and oxygen atoms in total. The van der Waals surface area contributed by atoms with E-state index in [0.717, 1.165) is 6.07 Å². The maximum absolute atomic E-state index is 14.0. The third-order valence-electron chi connectivity index (χ3n) is 5.58. The van der Waals surface area contributed by atoms with Gasteiger partial charge in [-0.2, -0.15) is 4.31 Å². The highest BCUT2D eigenvalue weighted by Gasteiger charge is 2.30. The van der Waals surface area contributed by atoms with Crippen LogP contribution in [0, 0.1) is 17.6 Å². The summed E-state index contributed by atoms with van der Waals surface area (Å²) in [5, 5.41) is 0.338. The Labute approximate surface area is 177 Å². The summed E-state index contributed by atoms with van der Waals surface area (Å²) < 4.78 is 60.6. The molecule has 0 bridgehead atoms. The molecule has 4 rings (SSSR count). The van der Waals surface area contributed by atoms with Gasteiger partial charge in [0.2, 0.25) is 10.0 Å². The number of piperidine rings is 1. The van der Waals surface area contributed by atoms with Gasteiger partial charge in [0.15, 0.2) is 11.6 Å². The lowest BCUT2D eigenvalue weighted by Crippen LogP contribution is -2.40. The van der Waals surface area contributed by atoms with E-state index in [-0.39, 0.29) is 35.2 Å². The van der Waals surface area contributed by atoms with E-state index in [1.165, 1.54) is 52.6 Å². The van der Waals surface area contributed by atoms with Crippen LogP contribution < -0.4 is 10.3 Å². The van der Waals surface area contributed by atoms with E-state index >= 15 is 0 Å². The molecule has 0 N–H and O–H groups in total. The molecule has 2 aromatic carbocycles. The predicted molar refractivity (Wildman–Crippen MR) is 110 cm³/mol. The summed E-state index contributed by atoms with van der Waals surface area (Å²) >= 11 is 0. The van der Waals surface area contributed by atoms with Crippen molar-refractivity contribution in [1.29, 1.82) is 0 Å². The number of methoxy groups -OCH3 is 1. The first-order chi connectivity index (χ1) is 14.8. The van der Waals surface area contributed by atoms with Gasteiger partial charge in [-0.25, -0.2) is 22.2 Å². The van der Waals surface area contributed by atoms with Crippen molar-refractivity contribution >= 4 is 20.9 Å². The van der Waals surface area contributed by atoms with Crippen molar-refractivity contribution < 1.29 is 21.9 Å². The van der Waals surface area contributed by atoms with E-state index in [1.54, 1.807) is 0 Å². The van der Waals surface area contributed by atoms with Gasteiger partial charge in [0.25, 0.3) is 5.56 Å². The molecule has 0 amide bonds. The highest BCUT2D eigenvalue weighted by Crippen LogP contribution is 2.27. The monoisotopic (exact) mass is 449 g/mol. The van der Waals surface area contributed by atoms with E-state index in [9.17, 15) is 22.0 Å². The number of benzene rings is 2. The molecule has 2 heterocycles. The molecule has 1 aromatic heterocycles. The van der Waals surface area contributed by atoms with Crippen LogP contribution in [0.25, 0.3) is 10.9 Å². The van der Waals surface area contributed by atoms with Gasteiger partial charge in [0.05, 0.1) is 29.2 Å². The SMILES string of the molecule is COc1ccc(S(=O)(=O)N2CCC(Cn3cnc4cc(F)ccc4c3=O)CC2)cc1F. The Bertz CT molecular complexity index is 1290. The molecule has 0 radical (unpaired) electrons. The maximum Gasteiger partial charge on any atom is 0.261 e. The zero-order chi connectivity index (χ0) is 22.2. The quantitative estimate of drug-likeness (QED) is 0.598. The number of sulfonamides is 1. The molecule has 0 aliphatic carbocycles. The minimum absolute atomic E-state index is 0.0187. The normalized spacial score (nSPS) is 16.0. The average molecular weight is 449 g/mol. The molecule has 1 saturated heterocycles. The van der Waals surface area contributed by atoms with Crippen molar-refractivity contribution in [1.82, 2.24) is 13.9 Å². The molecular formula is C21H21F2N3O4S. The lowest BCUT2D eigenvalue weighted by atomic mass is 9.98. The summed E-state index contributed by atoms with van der Waals surface area (Å²) in [6.07, 6.45) is 2.49. The van der Waals surface area contributed by atoms with Crippen molar-refractivity contribution in [3.05, 3.63) is 64.7 Å². The number of rotatable bonds is 5. The second-order valence-corrected chi connectivity index (χ2v) is 9.45. The fourth-order valence-electron chi connectivity index (χ4n) is 3.83. The Balaban J connectivity index is 1.46. The first-order valence-electron chi connectivity index (χ1n) is 9.78. The summed E-state index contributed by atoms with van der Waals surface area (Å²) in [5.74, 6) is -1.13. The Hall–Kier alpha value is -2.85. The highest BCUT2D eigenvalue weighted by molar-refractivity contribution is 7.89. The topological polar surface area (TPSA) is 81.5 Å². The van der Waals surface area contributed by atoms with E-state index in [0.29, 0.717) is 30.3 Å². The number of fused-ring (bicyclic) bond motifs is 1. The van der Waals surface area contributed by atoms with Crippen molar-refractivity contribution in [3.63, 3.8) is 0 Å². The fraction of sp³-hybridized carbons (Fsp3) is 0.333. The Morgan fingerprint density at radius 1 is 1.13 bits per heavy atom. The van der Waals surface area contributed by atoms with Gasteiger partial charge in [-0.3, -0.25) is 9.36 Å². The predicted octanol–water partition coefficient (Wildman–Crippen LogP) is 2.78. The van der Waals surface area contributed by atoms with E-state index in [4.69, 9.17) is 4.74 Å². The molecule has 10 heteroatoms. The molecule has 31 heavy (non-hydrogen) atoms. The van der Waals surface area contributed by atoms with Crippen LogP contribution in [0.3, 0.4) is 0 Å². The van der Waals surface area contributed by atoms with Crippen molar-refractivity contribution in [3.8, 4) is 5.75 Å². The Morgan fingerprint density at radius 2 is 1.87 bits per heavy atom.